The molecule has 0 amide bonds. The van der Waals surface area contributed by atoms with Crippen LogP contribution in [0.25, 0.3) is 0 Å². The van der Waals surface area contributed by atoms with Gasteiger partial charge in [0.1, 0.15) is 0 Å². The van der Waals surface area contributed by atoms with Crippen molar-refractivity contribution in [2.24, 2.45) is 0 Å². The fourth-order valence-corrected chi connectivity index (χ4v) is 1.49. The molecule has 1 radical (unpaired) electrons. The maximum atomic E-state index is 4.79. The Morgan fingerprint density at radius 1 is 1.50 bits per heavy atom. The van der Waals surface area contributed by atoms with E-state index in [1.807, 2.05) is 11.8 Å². The van der Waals surface area contributed by atoms with Gasteiger partial charge in [0.2, 0.25) is 0 Å². The van der Waals surface area contributed by atoms with Crippen LogP contribution in [0.4, 0.5) is 0 Å². The molecule has 0 aromatic rings. The Hall–Kier alpha value is 0.700. The maximum Gasteiger partial charge on any atom is 0.00447 e. The zero-order chi connectivity index (χ0) is 6.41. The number of hydrogen-bond acceptors (Lipinski definition) is 1. The molecule has 0 unspecified atom stereocenters. The van der Waals surface area contributed by atoms with Crippen LogP contribution in [0.15, 0.2) is 0 Å². The summed E-state index contributed by atoms with van der Waals surface area (Å²) in [5.41, 5.74) is 0. The zero-order valence-corrected chi connectivity index (χ0v) is 7.15. The number of hydrogen-bond donors (Lipinski definition) is 0. The molecule has 0 aromatic carbocycles. The molecule has 8 heavy (non-hydrogen) atoms. The van der Waals surface area contributed by atoms with Gasteiger partial charge in [-0.3, -0.25) is 0 Å². The van der Waals surface area contributed by atoms with Crippen molar-refractivity contribution in [1.82, 2.24) is 0 Å². The van der Waals surface area contributed by atoms with Gasteiger partial charge in [0, 0.05) is 5.75 Å². The third-order valence-corrected chi connectivity index (χ3v) is 2.22. The van der Waals surface area contributed by atoms with Crippen molar-refractivity contribution in [3.8, 4) is 0 Å². The third-order valence-electron chi connectivity index (χ3n) is 0.740. The van der Waals surface area contributed by atoms with Gasteiger partial charge in [-0.15, -0.1) is 0 Å². The normalized spacial score (nSPS) is 10.5. The van der Waals surface area contributed by atoms with Crippen molar-refractivity contribution in [2.75, 3.05) is 11.5 Å². The molecule has 0 heterocycles. The van der Waals surface area contributed by atoms with Gasteiger partial charge in [-0.1, -0.05) is 26.5 Å². The molecule has 0 rings (SSSR count). The Labute approximate surface area is 61.8 Å². The molecule has 0 aliphatic carbocycles. The molecule has 2 heteroatoms. The Morgan fingerprint density at radius 3 is 2.50 bits per heavy atom. The lowest BCUT2D eigenvalue weighted by Gasteiger charge is -2.00. The van der Waals surface area contributed by atoms with Crippen LogP contribution in [0, 0.1) is 0 Å². The topological polar surface area (TPSA) is 0 Å². The van der Waals surface area contributed by atoms with Crippen LogP contribution in [0.5, 0.6) is 0 Å². The minimum Gasteiger partial charge on any atom is -0.159 e. The lowest BCUT2D eigenvalue weighted by molar-refractivity contribution is 1.08. The summed E-state index contributed by atoms with van der Waals surface area (Å²) in [7, 11) is 0. The van der Waals surface area contributed by atoms with Gasteiger partial charge in [-0.05, 0) is 17.4 Å². The second-order valence-corrected chi connectivity index (χ2v) is 4.07. The van der Waals surface area contributed by atoms with Crippen molar-refractivity contribution in [1.29, 1.82) is 0 Å². The summed E-state index contributed by atoms with van der Waals surface area (Å²) in [6, 6.07) is 0. The van der Waals surface area contributed by atoms with Crippen molar-refractivity contribution in [3.05, 3.63) is 0 Å². The van der Waals surface area contributed by atoms with E-state index >= 15 is 0 Å². The first-order chi connectivity index (χ1) is 3.77. The second-order valence-electron chi connectivity index (χ2n) is 1.98. The van der Waals surface area contributed by atoms with Crippen molar-refractivity contribution < 1.29 is 0 Å². The van der Waals surface area contributed by atoms with Gasteiger partial charge in [0.15, 0.2) is 0 Å². The monoisotopic (exact) mass is 149 g/mol. The Bertz CT molecular complexity index is 43.8. The predicted octanol–water partition coefficient (Wildman–Crippen LogP) is 2.72. The summed E-state index contributed by atoms with van der Waals surface area (Å²) in [5, 5.41) is 0.775. The van der Waals surface area contributed by atoms with Gasteiger partial charge < -0.3 is 0 Å². The number of rotatable bonds is 4. The highest BCUT2D eigenvalue weighted by molar-refractivity contribution is 7.99. The van der Waals surface area contributed by atoms with Crippen molar-refractivity contribution in [3.63, 3.8) is 0 Å². The molecule has 0 bridgehead atoms. The number of thioether (sulfide) groups is 1. The van der Waals surface area contributed by atoms with Crippen LogP contribution < -0.4 is 0 Å². The summed E-state index contributed by atoms with van der Waals surface area (Å²) >= 11 is 6.78. The van der Waals surface area contributed by atoms with Gasteiger partial charge in [-0.25, -0.2) is 0 Å². The molecular weight excluding hydrogens is 136 g/mol. The van der Waals surface area contributed by atoms with E-state index in [4.69, 9.17) is 12.6 Å². The molecule has 0 atom stereocenters. The summed E-state index contributed by atoms with van der Waals surface area (Å²) in [4.78, 5) is 0. The van der Waals surface area contributed by atoms with Crippen LogP contribution in [-0.2, 0) is 0 Å². The van der Waals surface area contributed by atoms with Crippen molar-refractivity contribution >= 4 is 24.4 Å². The molecule has 0 aromatic heterocycles. The minimum atomic E-state index is 0.775. The summed E-state index contributed by atoms with van der Waals surface area (Å²) in [5.74, 6) is 2.15. The summed E-state index contributed by atoms with van der Waals surface area (Å²) in [6.07, 6.45) is 1.19. The van der Waals surface area contributed by atoms with E-state index in [0.717, 1.165) is 11.0 Å². The highest BCUT2D eigenvalue weighted by Crippen LogP contribution is 2.09. The van der Waals surface area contributed by atoms with Crippen LogP contribution in [0.1, 0.15) is 20.3 Å². The van der Waals surface area contributed by atoms with Crippen molar-refractivity contribution in [2.45, 2.75) is 25.5 Å². The average Bonchev–Trinajstić information content (AvgIpc) is 1.66. The molecule has 0 aliphatic rings. The van der Waals surface area contributed by atoms with Gasteiger partial charge in [0.05, 0.1) is 0 Å². The first-order valence-corrected chi connectivity index (χ1v) is 4.59. The zero-order valence-electron chi connectivity index (χ0n) is 5.52. The van der Waals surface area contributed by atoms with Crippen LogP contribution in [-0.4, -0.2) is 16.8 Å². The van der Waals surface area contributed by atoms with E-state index in [9.17, 15) is 0 Å². The first kappa shape index (κ1) is 8.70. The molecule has 0 N–H and O–H groups in total. The average molecular weight is 149 g/mol. The minimum absolute atomic E-state index is 0.775. The molecule has 0 aliphatic heterocycles. The van der Waals surface area contributed by atoms with Gasteiger partial charge in [-0.2, -0.15) is 11.8 Å². The third kappa shape index (κ3) is 6.70. The van der Waals surface area contributed by atoms with E-state index in [-0.39, 0.29) is 0 Å². The SMILES string of the molecule is CC(C)SCCC[S]. The molecule has 0 fully saturated rings. The van der Waals surface area contributed by atoms with Gasteiger partial charge in [0.25, 0.3) is 0 Å². The molecule has 0 saturated heterocycles. The largest absolute Gasteiger partial charge is 0.159 e. The van der Waals surface area contributed by atoms with E-state index in [0.29, 0.717) is 0 Å². The quantitative estimate of drug-likeness (QED) is 0.554. The fraction of sp³-hybridized carbons (Fsp3) is 1.00. The van der Waals surface area contributed by atoms with Crippen LogP contribution in [0.2, 0.25) is 0 Å². The first-order valence-electron chi connectivity index (χ1n) is 2.97. The van der Waals surface area contributed by atoms with Gasteiger partial charge >= 0.3 is 0 Å². The maximum absolute atomic E-state index is 4.79. The molecule has 0 nitrogen and oxygen atoms in total. The Kier molecular flexibility index (Phi) is 6.34. The highest BCUT2D eigenvalue weighted by atomic mass is 32.2. The molecule has 0 saturated carbocycles. The summed E-state index contributed by atoms with van der Waals surface area (Å²) in [6.45, 7) is 4.43. The van der Waals surface area contributed by atoms with E-state index in [1.54, 1.807) is 0 Å². The Balaban J connectivity index is 2.72. The fourth-order valence-electron chi connectivity index (χ4n) is 0.378. The van der Waals surface area contributed by atoms with E-state index in [2.05, 4.69) is 13.8 Å². The van der Waals surface area contributed by atoms with Crippen LogP contribution in [0.3, 0.4) is 0 Å². The molecular formula is C6H13S2. The van der Waals surface area contributed by atoms with E-state index in [1.165, 1.54) is 12.2 Å². The molecule has 0 spiro atoms. The lowest BCUT2D eigenvalue weighted by atomic mass is 10.6. The highest BCUT2D eigenvalue weighted by Gasteiger charge is 1.90. The second kappa shape index (κ2) is 5.83. The lowest BCUT2D eigenvalue weighted by Crippen LogP contribution is -1.89. The van der Waals surface area contributed by atoms with Crippen LogP contribution >= 0.6 is 24.4 Å². The standard InChI is InChI=1S/C6H13S2/c1-6(2)8-5-3-4-7/h6H,3-5H2,1-2H3. The smallest absolute Gasteiger partial charge is 0.00447 e. The summed E-state index contributed by atoms with van der Waals surface area (Å²) < 4.78 is 0. The van der Waals surface area contributed by atoms with E-state index < -0.39 is 0 Å². The Morgan fingerprint density at radius 2 is 2.12 bits per heavy atom. The predicted molar refractivity (Wildman–Crippen MR) is 44.7 cm³/mol. The molecule has 49 valence electrons.